The number of pyridine rings is 1. The van der Waals surface area contributed by atoms with E-state index in [9.17, 15) is 19.2 Å². The number of aromatic nitrogens is 2. The van der Waals surface area contributed by atoms with Gasteiger partial charge in [-0.1, -0.05) is 12.6 Å². The van der Waals surface area contributed by atoms with Crippen molar-refractivity contribution in [3.63, 3.8) is 0 Å². The first-order valence-electron chi connectivity index (χ1n) is 12.7. The molecule has 0 spiro atoms. The highest BCUT2D eigenvalue weighted by atomic mass is 19.1. The zero-order valence-electron chi connectivity index (χ0n) is 22.7. The van der Waals surface area contributed by atoms with Gasteiger partial charge in [-0.15, -0.1) is 0 Å². The minimum absolute atomic E-state index is 0.176. The monoisotopic (exact) mass is 554 g/mol. The van der Waals surface area contributed by atoms with Crippen molar-refractivity contribution in [3.05, 3.63) is 66.1 Å². The molecule has 0 saturated heterocycles. The Kier molecular flexibility index (Phi) is 7.07. The summed E-state index contributed by atoms with van der Waals surface area (Å²) in [6.07, 6.45) is 3.31. The van der Waals surface area contributed by atoms with E-state index in [2.05, 4.69) is 28.3 Å². The molecule has 1 fully saturated rings. The lowest BCUT2D eigenvalue weighted by Gasteiger charge is -2.16. The van der Waals surface area contributed by atoms with Crippen LogP contribution in [0, 0.1) is 11.3 Å². The van der Waals surface area contributed by atoms with Crippen LogP contribution in [0.2, 0.25) is 0 Å². The van der Waals surface area contributed by atoms with Crippen molar-refractivity contribution >= 4 is 34.2 Å². The molecule has 0 radical (unpaired) electrons. The van der Waals surface area contributed by atoms with Gasteiger partial charge in [0.2, 0.25) is 0 Å². The van der Waals surface area contributed by atoms with Gasteiger partial charge in [-0.05, 0) is 42.7 Å². The summed E-state index contributed by atoms with van der Waals surface area (Å²) in [7, 11) is 4.75. The van der Waals surface area contributed by atoms with E-state index in [1.54, 1.807) is 43.4 Å². The molecule has 10 nitrogen and oxygen atoms in total. The number of amides is 2. The number of nitrogens with zero attached hydrogens (tertiary/aromatic N) is 3. The number of halogens is 1. The van der Waals surface area contributed by atoms with Gasteiger partial charge >= 0.3 is 0 Å². The summed E-state index contributed by atoms with van der Waals surface area (Å²) >= 11 is 0. The van der Waals surface area contributed by atoms with Crippen LogP contribution >= 0.6 is 0 Å². The third-order valence-corrected chi connectivity index (χ3v) is 6.97. The molecule has 0 aliphatic heterocycles. The summed E-state index contributed by atoms with van der Waals surface area (Å²) in [5.74, 6) is -1.40. The Bertz CT molecular complexity index is 1780. The summed E-state index contributed by atoms with van der Waals surface area (Å²) in [6.45, 7) is 3.02. The highest BCUT2D eigenvalue weighted by molar-refractivity contribution is 6.12. The number of nitrogens with one attached hydrogen (secondary N) is 2. The van der Waals surface area contributed by atoms with Gasteiger partial charge in [-0.2, -0.15) is 5.26 Å². The van der Waals surface area contributed by atoms with Crippen molar-refractivity contribution in [1.82, 2.24) is 14.9 Å². The van der Waals surface area contributed by atoms with E-state index in [4.69, 9.17) is 15.2 Å². The highest BCUT2D eigenvalue weighted by Crippen LogP contribution is 2.47. The molecule has 2 amide bonds. The quantitative estimate of drug-likeness (QED) is 0.268. The van der Waals surface area contributed by atoms with Crippen molar-refractivity contribution in [1.29, 1.82) is 5.26 Å². The second-order valence-electron chi connectivity index (χ2n) is 9.61. The number of rotatable bonds is 8. The van der Waals surface area contributed by atoms with Crippen LogP contribution in [0.25, 0.3) is 33.3 Å². The van der Waals surface area contributed by atoms with E-state index < -0.39 is 11.7 Å². The molecule has 1 aliphatic rings. The summed E-state index contributed by atoms with van der Waals surface area (Å²) in [5, 5.41) is 15.8. The van der Waals surface area contributed by atoms with Crippen LogP contribution in [0.5, 0.6) is 11.5 Å². The molecular formula is C30H27FN6O4. The first-order chi connectivity index (χ1) is 19.7. The van der Waals surface area contributed by atoms with Gasteiger partial charge in [-0.3, -0.25) is 9.59 Å². The fourth-order valence-corrected chi connectivity index (χ4v) is 4.88. The molecular weight excluding hydrogens is 527 g/mol. The normalized spacial score (nSPS) is 12.5. The Morgan fingerprint density at radius 3 is 2.54 bits per heavy atom. The lowest BCUT2D eigenvalue weighted by molar-refractivity contribution is -0.114. The fraction of sp³-hybridized carbons (Fsp3) is 0.200. The van der Waals surface area contributed by atoms with Gasteiger partial charge < -0.3 is 30.4 Å². The standard InChI is InChI=1S/C30H27FN6O4/c1-15(31)29(38)36-19-8-10-20(23(12-19)41-4)27-24(25-26(37(27)2)17(13-32)14-34-28(25)33)16-5-9-21(22(11-16)40-3)30(39)35-18-6-7-18/h5,8-12,14,18H,1,6-7H2,2-4H3,(H2,33,34)(H,35,39)(H,36,38). The van der Waals surface area contributed by atoms with Crippen LogP contribution in [0.3, 0.4) is 0 Å². The topological polar surface area (TPSA) is 144 Å². The number of fused-ring (bicyclic) bond motifs is 1. The molecule has 2 heterocycles. The number of methoxy groups -OCH3 is 2. The van der Waals surface area contributed by atoms with E-state index in [0.717, 1.165) is 12.8 Å². The largest absolute Gasteiger partial charge is 0.496 e. The molecule has 4 N–H and O–H groups in total. The second kappa shape index (κ2) is 10.7. The van der Waals surface area contributed by atoms with Crippen molar-refractivity contribution in [2.75, 3.05) is 25.3 Å². The van der Waals surface area contributed by atoms with Crippen LogP contribution in [0.4, 0.5) is 15.9 Å². The molecule has 41 heavy (non-hydrogen) atoms. The maximum absolute atomic E-state index is 13.3. The Morgan fingerprint density at radius 2 is 1.90 bits per heavy atom. The number of hydrogen-bond acceptors (Lipinski definition) is 7. The van der Waals surface area contributed by atoms with Crippen LogP contribution < -0.4 is 25.8 Å². The third kappa shape index (κ3) is 4.91. The number of ether oxygens (including phenoxy) is 2. The molecule has 208 valence electrons. The summed E-state index contributed by atoms with van der Waals surface area (Å²) in [6, 6.07) is 12.4. The van der Waals surface area contributed by atoms with Crippen molar-refractivity contribution in [2.24, 2.45) is 7.05 Å². The number of nitriles is 1. The van der Waals surface area contributed by atoms with Gasteiger partial charge in [0.25, 0.3) is 11.8 Å². The van der Waals surface area contributed by atoms with E-state index in [1.807, 2.05) is 4.57 Å². The molecule has 2 aromatic carbocycles. The molecule has 4 aromatic rings. The molecule has 0 bridgehead atoms. The Morgan fingerprint density at radius 1 is 1.17 bits per heavy atom. The molecule has 1 saturated carbocycles. The van der Waals surface area contributed by atoms with E-state index >= 15 is 0 Å². The van der Waals surface area contributed by atoms with Crippen LogP contribution in [-0.4, -0.2) is 41.6 Å². The average molecular weight is 555 g/mol. The van der Waals surface area contributed by atoms with Crippen molar-refractivity contribution < 1.29 is 23.5 Å². The van der Waals surface area contributed by atoms with Gasteiger partial charge in [0.05, 0.1) is 41.9 Å². The number of carbonyl (C=O) groups excluding carboxylic acids is 2. The zero-order valence-corrected chi connectivity index (χ0v) is 22.7. The van der Waals surface area contributed by atoms with E-state index in [-0.39, 0.29) is 17.8 Å². The van der Waals surface area contributed by atoms with Crippen LogP contribution in [0.1, 0.15) is 28.8 Å². The first-order valence-corrected chi connectivity index (χ1v) is 12.7. The van der Waals surface area contributed by atoms with Crippen LogP contribution in [0.15, 0.2) is 55.0 Å². The van der Waals surface area contributed by atoms with E-state index in [0.29, 0.717) is 61.6 Å². The maximum atomic E-state index is 13.3. The average Bonchev–Trinajstić information content (AvgIpc) is 3.73. The van der Waals surface area contributed by atoms with Crippen molar-refractivity contribution in [3.8, 4) is 40.0 Å². The molecule has 5 rings (SSSR count). The summed E-state index contributed by atoms with van der Waals surface area (Å²) < 4.78 is 26.4. The van der Waals surface area contributed by atoms with Gasteiger partial charge in [0.15, 0.2) is 5.83 Å². The SMILES string of the molecule is C=C(F)C(=O)Nc1ccc(-c2c(-c3ccc(C(=O)NC4CC4)c(OC)c3)c3c(N)ncc(C#N)c3n2C)c(OC)c1. The number of aryl methyl sites for hydroxylation is 1. The summed E-state index contributed by atoms with van der Waals surface area (Å²) in [5.41, 5.74) is 10.5. The Labute approximate surface area is 235 Å². The number of nitrogen functional groups attached to an aromatic ring is 1. The third-order valence-electron chi connectivity index (χ3n) is 6.97. The zero-order chi connectivity index (χ0) is 29.4. The molecule has 0 atom stereocenters. The molecule has 11 heteroatoms. The predicted octanol–water partition coefficient (Wildman–Crippen LogP) is 4.69. The second-order valence-corrected chi connectivity index (χ2v) is 9.61. The van der Waals surface area contributed by atoms with Gasteiger partial charge in [-0.25, -0.2) is 9.37 Å². The van der Waals surface area contributed by atoms with Gasteiger partial charge in [0.1, 0.15) is 23.4 Å². The van der Waals surface area contributed by atoms with Gasteiger partial charge in [0, 0.05) is 42.2 Å². The predicted molar refractivity (Wildman–Crippen MR) is 153 cm³/mol. The van der Waals surface area contributed by atoms with E-state index in [1.165, 1.54) is 20.4 Å². The Balaban J connectivity index is 1.76. The fourth-order valence-electron chi connectivity index (χ4n) is 4.88. The Hall–Kier alpha value is -5.37. The lowest BCUT2D eigenvalue weighted by Crippen LogP contribution is -2.25. The minimum Gasteiger partial charge on any atom is -0.496 e. The summed E-state index contributed by atoms with van der Waals surface area (Å²) in [4.78, 5) is 29.0. The molecule has 2 aromatic heterocycles. The number of nitrogens with two attached hydrogens (primary N) is 1. The first kappa shape index (κ1) is 27.2. The number of anilines is 2. The molecule has 1 aliphatic carbocycles. The number of hydrogen-bond donors (Lipinski definition) is 3. The highest BCUT2D eigenvalue weighted by Gasteiger charge is 2.28. The van der Waals surface area contributed by atoms with Crippen LogP contribution in [-0.2, 0) is 11.8 Å². The smallest absolute Gasteiger partial charge is 0.283 e. The number of benzene rings is 2. The van der Waals surface area contributed by atoms with Crippen molar-refractivity contribution in [2.45, 2.75) is 18.9 Å². The lowest BCUT2D eigenvalue weighted by atomic mass is 9.96. The number of carbonyl (C=O) groups is 2. The molecule has 0 unspecified atom stereocenters. The maximum Gasteiger partial charge on any atom is 0.283 e. The minimum atomic E-state index is -1.13.